The summed E-state index contributed by atoms with van der Waals surface area (Å²) in [5.74, 6) is -0.0128. The van der Waals surface area contributed by atoms with Crippen molar-refractivity contribution in [3.63, 3.8) is 0 Å². The summed E-state index contributed by atoms with van der Waals surface area (Å²) >= 11 is 7.69. The number of aromatic nitrogens is 1. The van der Waals surface area contributed by atoms with Crippen molar-refractivity contribution in [2.45, 2.75) is 18.2 Å². The summed E-state index contributed by atoms with van der Waals surface area (Å²) in [4.78, 5) is 30.5. The highest BCUT2D eigenvalue weighted by Gasteiger charge is 2.31. The lowest BCUT2D eigenvalue weighted by Gasteiger charge is -2.24. The number of rotatable bonds is 7. The first kappa shape index (κ1) is 16.9. The van der Waals surface area contributed by atoms with Gasteiger partial charge < -0.3 is 10.2 Å². The maximum atomic E-state index is 12.7. The Labute approximate surface area is 149 Å². The summed E-state index contributed by atoms with van der Waals surface area (Å²) in [6.45, 7) is 0.561. The third kappa shape index (κ3) is 4.55. The molecule has 0 saturated heterocycles. The highest BCUT2D eigenvalue weighted by molar-refractivity contribution is 7.13. The second-order valence-corrected chi connectivity index (χ2v) is 7.15. The molecule has 1 saturated carbocycles. The number of hydrogen-bond donors (Lipinski definition) is 1. The molecule has 1 atom stereocenters. The maximum Gasteiger partial charge on any atom is 0.245 e. The number of amides is 2. The Morgan fingerprint density at radius 3 is 2.71 bits per heavy atom. The molecule has 7 heteroatoms. The molecule has 0 spiro atoms. The number of nitrogens with one attached hydrogen (secondary N) is 1. The van der Waals surface area contributed by atoms with Crippen LogP contribution in [-0.2, 0) is 9.59 Å². The lowest BCUT2D eigenvalue weighted by molar-refractivity contribution is -0.134. The van der Waals surface area contributed by atoms with Gasteiger partial charge in [0.2, 0.25) is 11.8 Å². The van der Waals surface area contributed by atoms with Crippen molar-refractivity contribution in [2.75, 3.05) is 18.4 Å². The molecule has 1 heterocycles. The fourth-order valence-corrected chi connectivity index (χ4v) is 3.22. The summed E-state index contributed by atoms with van der Waals surface area (Å²) in [6.07, 6.45) is 3.81. The Balaban J connectivity index is 1.66. The summed E-state index contributed by atoms with van der Waals surface area (Å²) in [7, 11) is 0. The Kier molecular flexibility index (Phi) is 5.48. The van der Waals surface area contributed by atoms with Gasteiger partial charge in [0.05, 0.1) is 6.54 Å². The topological polar surface area (TPSA) is 62.3 Å². The molecular weight excluding hydrogens is 346 g/mol. The molecule has 1 aromatic carbocycles. The molecule has 0 aliphatic heterocycles. The van der Waals surface area contributed by atoms with E-state index >= 15 is 0 Å². The fourth-order valence-electron chi connectivity index (χ4n) is 2.39. The van der Waals surface area contributed by atoms with E-state index in [0.717, 1.165) is 18.4 Å². The van der Waals surface area contributed by atoms with E-state index in [9.17, 15) is 9.59 Å². The highest BCUT2D eigenvalue weighted by atomic mass is 35.5. The van der Waals surface area contributed by atoms with Gasteiger partial charge >= 0.3 is 0 Å². The van der Waals surface area contributed by atoms with Crippen LogP contribution in [-0.4, -0.2) is 34.8 Å². The molecular formula is C17H18ClN3O2S. The number of alkyl halides is 1. The zero-order valence-corrected chi connectivity index (χ0v) is 14.6. The first-order valence-corrected chi connectivity index (χ1v) is 9.12. The quantitative estimate of drug-likeness (QED) is 0.768. The zero-order valence-electron chi connectivity index (χ0n) is 13.0. The van der Waals surface area contributed by atoms with E-state index in [1.54, 1.807) is 16.5 Å². The van der Waals surface area contributed by atoms with Gasteiger partial charge in [-0.3, -0.25) is 9.59 Å². The second kappa shape index (κ2) is 7.77. The normalized spacial score (nSPS) is 14.9. The average molecular weight is 364 g/mol. The van der Waals surface area contributed by atoms with Crippen LogP contribution in [0.1, 0.15) is 23.8 Å². The first-order valence-electron chi connectivity index (χ1n) is 7.80. The van der Waals surface area contributed by atoms with E-state index in [1.807, 2.05) is 30.3 Å². The van der Waals surface area contributed by atoms with Crippen LogP contribution in [0.5, 0.6) is 0 Å². The molecule has 24 heavy (non-hydrogen) atoms. The van der Waals surface area contributed by atoms with Crippen LogP contribution < -0.4 is 5.32 Å². The van der Waals surface area contributed by atoms with Crippen molar-refractivity contribution < 1.29 is 9.59 Å². The molecule has 1 aromatic heterocycles. The smallest absolute Gasteiger partial charge is 0.245 e. The van der Waals surface area contributed by atoms with Gasteiger partial charge in [-0.05, 0) is 24.3 Å². The average Bonchev–Trinajstić information content (AvgIpc) is 3.27. The third-order valence-electron chi connectivity index (χ3n) is 3.81. The van der Waals surface area contributed by atoms with Crippen molar-refractivity contribution in [1.82, 2.24) is 9.88 Å². The Morgan fingerprint density at radius 1 is 1.33 bits per heavy atom. The molecule has 1 unspecified atom stereocenters. The number of hydrogen-bond acceptors (Lipinski definition) is 4. The predicted molar refractivity (Wildman–Crippen MR) is 95.1 cm³/mol. The predicted octanol–water partition coefficient (Wildman–Crippen LogP) is 3.30. The van der Waals surface area contributed by atoms with Gasteiger partial charge in [-0.2, -0.15) is 0 Å². The minimum Gasteiger partial charge on any atom is -0.332 e. The largest absolute Gasteiger partial charge is 0.332 e. The zero-order chi connectivity index (χ0) is 16.9. The fraction of sp³-hybridized carbons (Fsp3) is 0.353. The Morgan fingerprint density at radius 2 is 2.08 bits per heavy atom. The summed E-state index contributed by atoms with van der Waals surface area (Å²) in [5, 5.41) is 4.25. The maximum absolute atomic E-state index is 12.7. The molecule has 126 valence electrons. The number of anilines is 1. The second-order valence-electron chi connectivity index (χ2n) is 5.82. The molecule has 1 aliphatic rings. The van der Waals surface area contributed by atoms with E-state index in [2.05, 4.69) is 10.3 Å². The number of nitrogens with zero attached hydrogens (tertiary/aromatic N) is 2. The van der Waals surface area contributed by atoms with Crippen LogP contribution in [0.4, 0.5) is 5.13 Å². The first-order chi connectivity index (χ1) is 11.6. The molecule has 1 fully saturated rings. The van der Waals surface area contributed by atoms with Crippen molar-refractivity contribution in [3.8, 4) is 0 Å². The molecule has 1 aliphatic carbocycles. The van der Waals surface area contributed by atoms with Gasteiger partial charge in [-0.25, -0.2) is 4.98 Å². The van der Waals surface area contributed by atoms with E-state index in [4.69, 9.17) is 11.6 Å². The SMILES string of the molecule is O=C(CN(CC1CC1)C(=O)C(Cl)c1ccccc1)Nc1nccs1. The van der Waals surface area contributed by atoms with Crippen LogP contribution in [0.3, 0.4) is 0 Å². The number of thiazole rings is 1. The monoisotopic (exact) mass is 363 g/mol. The van der Waals surface area contributed by atoms with Crippen molar-refractivity contribution in [3.05, 3.63) is 47.5 Å². The summed E-state index contributed by atoms with van der Waals surface area (Å²) in [5.41, 5.74) is 0.741. The van der Waals surface area contributed by atoms with Crippen LogP contribution in [0.25, 0.3) is 0 Å². The number of carbonyl (C=O) groups excluding carboxylic acids is 2. The molecule has 2 aromatic rings. The Bertz CT molecular complexity index is 689. The molecule has 0 radical (unpaired) electrons. The van der Waals surface area contributed by atoms with E-state index in [0.29, 0.717) is 17.6 Å². The van der Waals surface area contributed by atoms with Gasteiger partial charge in [0, 0.05) is 18.1 Å². The van der Waals surface area contributed by atoms with Crippen LogP contribution in [0.2, 0.25) is 0 Å². The van der Waals surface area contributed by atoms with Gasteiger partial charge in [0.25, 0.3) is 0 Å². The highest BCUT2D eigenvalue weighted by Crippen LogP contribution is 2.31. The van der Waals surface area contributed by atoms with Gasteiger partial charge in [-0.1, -0.05) is 30.3 Å². The summed E-state index contributed by atoms with van der Waals surface area (Å²) < 4.78 is 0. The van der Waals surface area contributed by atoms with E-state index in [-0.39, 0.29) is 18.4 Å². The van der Waals surface area contributed by atoms with Gasteiger partial charge in [0.1, 0.15) is 5.38 Å². The number of benzene rings is 1. The molecule has 0 bridgehead atoms. The lowest BCUT2D eigenvalue weighted by Crippen LogP contribution is -2.41. The van der Waals surface area contributed by atoms with Crippen LogP contribution >= 0.6 is 22.9 Å². The Hall–Kier alpha value is -1.92. The minimum atomic E-state index is -0.780. The van der Waals surface area contributed by atoms with Crippen molar-refractivity contribution >= 4 is 39.9 Å². The van der Waals surface area contributed by atoms with Gasteiger partial charge in [0.15, 0.2) is 5.13 Å². The number of halogens is 1. The van der Waals surface area contributed by atoms with Crippen LogP contribution in [0, 0.1) is 5.92 Å². The third-order valence-corrected chi connectivity index (χ3v) is 4.94. The number of carbonyl (C=O) groups is 2. The van der Waals surface area contributed by atoms with Crippen LogP contribution in [0.15, 0.2) is 41.9 Å². The lowest BCUT2D eigenvalue weighted by atomic mass is 10.1. The molecule has 5 nitrogen and oxygen atoms in total. The molecule has 1 N–H and O–H groups in total. The van der Waals surface area contributed by atoms with Crippen molar-refractivity contribution in [2.24, 2.45) is 5.92 Å². The standard InChI is InChI=1S/C17H18ClN3O2S/c18-15(13-4-2-1-3-5-13)16(23)21(10-12-6-7-12)11-14(22)20-17-19-8-9-24-17/h1-5,8-9,12,15H,6-7,10-11H2,(H,19,20,22). The van der Waals surface area contributed by atoms with E-state index in [1.165, 1.54) is 11.3 Å². The van der Waals surface area contributed by atoms with Gasteiger partial charge in [-0.15, -0.1) is 22.9 Å². The minimum absolute atomic E-state index is 0.00896. The molecule has 3 rings (SSSR count). The summed E-state index contributed by atoms with van der Waals surface area (Å²) in [6, 6.07) is 9.21. The van der Waals surface area contributed by atoms with E-state index < -0.39 is 5.38 Å². The molecule has 2 amide bonds. The van der Waals surface area contributed by atoms with Crippen molar-refractivity contribution in [1.29, 1.82) is 0 Å².